The number of carbonyl (C=O) groups is 2. The molecule has 8 heteroatoms. The predicted molar refractivity (Wildman–Crippen MR) is 116 cm³/mol. The maximum absolute atomic E-state index is 12.0. The zero-order valence-corrected chi connectivity index (χ0v) is 17.5. The van der Waals surface area contributed by atoms with Crippen molar-refractivity contribution < 1.29 is 9.59 Å². The van der Waals surface area contributed by atoms with Crippen molar-refractivity contribution in [2.75, 3.05) is 37.6 Å². The minimum atomic E-state index is -0.371. The van der Waals surface area contributed by atoms with Gasteiger partial charge in [-0.1, -0.05) is 47.5 Å². The molecule has 1 aliphatic rings. The van der Waals surface area contributed by atoms with E-state index in [0.29, 0.717) is 28.6 Å². The number of amides is 2. The summed E-state index contributed by atoms with van der Waals surface area (Å²) in [6.07, 6.45) is 0.318. The lowest BCUT2D eigenvalue weighted by atomic mass is 10.1. The van der Waals surface area contributed by atoms with E-state index in [1.807, 2.05) is 18.2 Å². The molecule has 2 aromatic carbocycles. The van der Waals surface area contributed by atoms with Crippen molar-refractivity contribution in [1.82, 2.24) is 15.8 Å². The van der Waals surface area contributed by atoms with Crippen LogP contribution in [0.3, 0.4) is 0 Å². The van der Waals surface area contributed by atoms with E-state index in [1.165, 1.54) is 5.69 Å². The summed E-state index contributed by atoms with van der Waals surface area (Å²) in [7, 11) is 0. The van der Waals surface area contributed by atoms with Crippen molar-refractivity contribution in [3.05, 3.63) is 64.1 Å². The number of para-hydroxylation sites is 1. The molecule has 1 saturated heterocycles. The number of hydrazine groups is 1. The highest BCUT2D eigenvalue weighted by molar-refractivity contribution is 6.36. The van der Waals surface area contributed by atoms with E-state index < -0.39 is 0 Å². The van der Waals surface area contributed by atoms with Crippen LogP contribution < -0.4 is 15.8 Å². The Morgan fingerprint density at radius 3 is 2.10 bits per heavy atom. The summed E-state index contributed by atoms with van der Waals surface area (Å²) < 4.78 is 0. The molecule has 3 rings (SSSR count). The smallest absolute Gasteiger partial charge is 0.242 e. The maximum atomic E-state index is 12.0. The Morgan fingerprint density at radius 2 is 1.45 bits per heavy atom. The fourth-order valence-electron chi connectivity index (χ4n) is 3.24. The molecule has 2 amide bonds. The van der Waals surface area contributed by atoms with Crippen molar-refractivity contribution in [2.45, 2.75) is 12.8 Å². The summed E-state index contributed by atoms with van der Waals surface area (Å²) >= 11 is 12.1. The van der Waals surface area contributed by atoms with Crippen molar-refractivity contribution in [3.63, 3.8) is 0 Å². The number of hydrogen-bond acceptors (Lipinski definition) is 4. The van der Waals surface area contributed by atoms with Gasteiger partial charge in [-0.25, -0.2) is 0 Å². The first kappa shape index (κ1) is 21.4. The fraction of sp³-hybridized carbons (Fsp3) is 0.333. The molecule has 0 aromatic heterocycles. The molecule has 0 unspecified atom stereocenters. The van der Waals surface area contributed by atoms with E-state index in [9.17, 15) is 9.59 Å². The van der Waals surface area contributed by atoms with Crippen LogP contribution in [0.15, 0.2) is 48.5 Å². The highest BCUT2D eigenvalue weighted by Crippen LogP contribution is 2.24. The molecule has 2 N–H and O–H groups in total. The number of nitrogens with zero attached hydrogens (tertiary/aromatic N) is 2. The van der Waals surface area contributed by atoms with Gasteiger partial charge in [0, 0.05) is 54.9 Å². The van der Waals surface area contributed by atoms with Gasteiger partial charge in [-0.2, -0.15) is 0 Å². The lowest BCUT2D eigenvalue weighted by Gasteiger charge is -2.36. The SMILES string of the molecule is O=C(CCN1CCN(c2ccccc2)CC1)NNC(=O)Cc1c(Cl)cccc1Cl. The molecular formula is C21H24Cl2N4O2. The van der Waals surface area contributed by atoms with Crippen molar-refractivity contribution >= 4 is 40.7 Å². The van der Waals surface area contributed by atoms with E-state index >= 15 is 0 Å². The second-order valence-corrected chi connectivity index (χ2v) is 7.70. The maximum Gasteiger partial charge on any atom is 0.242 e. The average Bonchev–Trinajstić information content (AvgIpc) is 2.74. The first-order chi connectivity index (χ1) is 14.0. The van der Waals surface area contributed by atoms with Crippen molar-refractivity contribution in [3.8, 4) is 0 Å². The molecule has 1 aliphatic heterocycles. The van der Waals surface area contributed by atoms with Crippen LogP contribution in [0, 0.1) is 0 Å². The molecule has 1 heterocycles. The molecule has 2 aromatic rings. The number of nitrogens with one attached hydrogen (secondary N) is 2. The number of anilines is 1. The van der Waals surface area contributed by atoms with E-state index in [1.54, 1.807) is 18.2 Å². The van der Waals surface area contributed by atoms with Gasteiger partial charge in [0.15, 0.2) is 0 Å². The summed E-state index contributed by atoms with van der Waals surface area (Å²) in [5.41, 5.74) is 6.64. The van der Waals surface area contributed by atoms with Gasteiger partial charge in [0.25, 0.3) is 0 Å². The van der Waals surface area contributed by atoms with Crippen LogP contribution in [-0.2, 0) is 16.0 Å². The number of piperazine rings is 1. The Kier molecular flexibility index (Phi) is 7.75. The third-order valence-electron chi connectivity index (χ3n) is 4.89. The summed E-state index contributed by atoms with van der Waals surface area (Å²) in [6, 6.07) is 15.4. The monoisotopic (exact) mass is 434 g/mol. The summed E-state index contributed by atoms with van der Waals surface area (Å²) in [6.45, 7) is 4.32. The zero-order chi connectivity index (χ0) is 20.6. The second-order valence-electron chi connectivity index (χ2n) is 6.89. The number of benzene rings is 2. The third-order valence-corrected chi connectivity index (χ3v) is 5.60. The summed E-state index contributed by atoms with van der Waals surface area (Å²) in [5.74, 6) is -0.598. The molecule has 6 nitrogen and oxygen atoms in total. The van der Waals surface area contributed by atoms with Gasteiger partial charge in [0.05, 0.1) is 6.42 Å². The van der Waals surface area contributed by atoms with Crippen LogP contribution in [-0.4, -0.2) is 49.4 Å². The molecule has 0 saturated carbocycles. The van der Waals surface area contributed by atoms with E-state index in [4.69, 9.17) is 23.2 Å². The van der Waals surface area contributed by atoms with Gasteiger partial charge in [0.2, 0.25) is 11.8 Å². The van der Waals surface area contributed by atoms with Crippen molar-refractivity contribution in [2.24, 2.45) is 0 Å². The average molecular weight is 435 g/mol. The van der Waals surface area contributed by atoms with E-state index in [2.05, 4.69) is 32.8 Å². The Hall–Kier alpha value is -2.28. The van der Waals surface area contributed by atoms with Gasteiger partial charge in [-0.05, 0) is 29.8 Å². The standard InChI is InChI=1S/C21H24Cl2N4O2/c22-18-7-4-8-19(23)17(18)15-21(29)25-24-20(28)9-10-26-11-13-27(14-12-26)16-5-2-1-3-6-16/h1-8H,9-15H2,(H,24,28)(H,25,29). The number of hydrogen-bond donors (Lipinski definition) is 2. The molecule has 0 atom stereocenters. The van der Waals surface area contributed by atoms with E-state index in [0.717, 1.165) is 26.2 Å². The van der Waals surface area contributed by atoms with E-state index in [-0.39, 0.29) is 18.2 Å². The van der Waals surface area contributed by atoms with Crippen LogP contribution in [0.25, 0.3) is 0 Å². The molecule has 0 bridgehead atoms. The second kappa shape index (κ2) is 10.5. The fourth-order valence-corrected chi connectivity index (χ4v) is 3.77. The molecule has 0 aliphatic carbocycles. The van der Waals surface area contributed by atoms with Crippen LogP contribution in [0.5, 0.6) is 0 Å². The van der Waals surface area contributed by atoms with Gasteiger partial charge >= 0.3 is 0 Å². The van der Waals surface area contributed by atoms with Crippen LogP contribution in [0.4, 0.5) is 5.69 Å². The van der Waals surface area contributed by atoms with Gasteiger partial charge in [-0.3, -0.25) is 25.3 Å². The number of carbonyl (C=O) groups excluding carboxylic acids is 2. The molecule has 154 valence electrons. The summed E-state index contributed by atoms with van der Waals surface area (Å²) in [4.78, 5) is 28.7. The van der Waals surface area contributed by atoms with Gasteiger partial charge in [0.1, 0.15) is 0 Å². The van der Waals surface area contributed by atoms with Crippen molar-refractivity contribution in [1.29, 1.82) is 0 Å². The number of halogens is 2. The number of rotatable bonds is 6. The quantitative estimate of drug-likeness (QED) is 0.685. The first-order valence-electron chi connectivity index (χ1n) is 9.56. The zero-order valence-electron chi connectivity index (χ0n) is 16.0. The Labute approximate surface area is 180 Å². The highest BCUT2D eigenvalue weighted by Gasteiger charge is 2.18. The Bertz CT molecular complexity index is 820. The molecule has 0 spiro atoms. The van der Waals surface area contributed by atoms with Gasteiger partial charge < -0.3 is 4.90 Å². The minimum Gasteiger partial charge on any atom is -0.369 e. The Balaban J connectivity index is 1.35. The minimum absolute atomic E-state index is 0.000231. The normalized spacial score (nSPS) is 14.5. The molecule has 1 fully saturated rings. The van der Waals surface area contributed by atoms with Crippen LogP contribution in [0.2, 0.25) is 10.0 Å². The topological polar surface area (TPSA) is 64.7 Å². The lowest BCUT2D eigenvalue weighted by molar-refractivity contribution is -0.128. The van der Waals surface area contributed by atoms with Crippen LogP contribution >= 0.6 is 23.2 Å². The largest absolute Gasteiger partial charge is 0.369 e. The first-order valence-corrected chi connectivity index (χ1v) is 10.3. The summed E-state index contributed by atoms with van der Waals surface area (Å²) in [5, 5.41) is 0.849. The molecular weight excluding hydrogens is 411 g/mol. The molecule has 29 heavy (non-hydrogen) atoms. The highest BCUT2D eigenvalue weighted by atomic mass is 35.5. The Morgan fingerprint density at radius 1 is 0.828 bits per heavy atom. The predicted octanol–water partition coefficient (Wildman–Crippen LogP) is 2.90. The van der Waals surface area contributed by atoms with Crippen LogP contribution in [0.1, 0.15) is 12.0 Å². The third kappa shape index (κ3) is 6.35. The molecule has 0 radical (unpaired) electrons. The van der Waals surface area contributed by atoms with Gasteiger partial charge in [-0.15, -0.1) is 0 Å². The lowest BCUT2D eigenvalue weighted by Crippen LogP contribution is -2.48.